The number of amides is 2. The van der Waals surface area contributed by atoms with E-state index in [0.29, 0.717) is 18.8 Å². The zero-order valence-corrected chi connectivity index (χ0v) is 9.45. The van der Waals surface area contributed by atoms with E-state index in [9.17, 15) is 14.4 Å². The highest BCUT2D eigenvalue weighted by atomic mass is 16.2. The Morgan fingerprint density at radius 3 is 2.76 bits per heavy atom. The molecule has 1 aromatic heterocycles. The quantitative estimate of drug-likeness (QED) is 0.672. The van der Waals surface area contributed by atoms with Gasteiger partial charge in [0.2, 0.25) is 5.91 Å². The lowest BCUT2D eigenvalue weighted by molar-refractivity contribution is -0.123. The fourth-order valence-electron chi connectivity index (χ4n) is 1.72. The summed E-state index contributed by atoms with van der Waals surface area (Å²) in [6.45, 7) is 2.60. The van der Waals surface area contributed by atoms with Gasteiger partial charge in [-0.1, -0.05) is 0 Å². The van der Waals surface area contributed by atoms with Gasteiger partial charge in [-0.2, -0.15) is 0 Å². The molecule has 2 rings (SSSR count). The second-order valence-electron chi connectivity index (χ2n) is 3.96. The third kappa shape index (κ3) is 2.35. The highest BCUT2D eigenvalue weighted by Crippen LogP contribution is 2.02. The normalized spacial score (nSPS) is 15.6. The highest BCUT2D eigenvalue weighted by Gasteiger charge is 2.23. The molecule has 0 atom stereocenters. The second kappa shape index (κ2) is 4.40. The smallest absolute Gasteiger partial charge is 0.260 e. The van der Waals surface area contributed by atoms with E-state index in [2.05, 4.69) is 10.3 Å². The number of nitrogens with zero attached hydrogens (tertiary/aromatic N) is 1. The van der Waals surface area contributed by atoms with E-state index in [1.165, 1.54) is 11.0 Å². The summed E-state index contributed by atoms with van der Waals surface area (Å²) in [4.78, 5) is 38.7. The zero-order chi connectivity index (χ0) is 12.4. The fraction of sp³-hybridized carbons (Fsp3) is 0.364. The monoisotopic (exact) mass is 235 g/mol. The lowest BCUT2D eigenvalue weighted by Gasteiger charge is -2.26. The Labute approximate surface area is 97.6 Å². The van der Waals surface area contributed by atoms with Crippen molar-refractivity contribution in [2.24, 2.45) is 0 Å². The average molecular weight is 235 g/mol. The number of hydrogen-bond donors (Lipinski definition) is 2. The summed E-state index contributed by atoms with van der Waals surface area (Å²) in [6, 6.07) is 3.15. The molecule has 0 unspecified atom stereocenters. The van der Waals surface area contributed by atoms with Crippen LogP contribution in [0.2, 0.25) is 0 Å². The Morgan fingerprint density at radius 1 is 1.35 bits per heavy atom. The Bertz CT molecular complexity index is 521. The van der Waals surface area contributed by atoms with Crippen molar-refractivity contribution in [2.75, 3.05) is 19.6 Å². The number of carbonyl (C=O) groups is 2. The van der Waals surface area contributed by atoms with Crippen LogP contribution in [0.5, 0.6) is 0 Å². The van der Waals surface area contributed by atoms with Gasteiger partial charge in [-0.3, -0.25) is 14.4 Å². The molecule has 6 heteroatoms. The zero-order valence-electron chi connectivity index (χ0n) is 9.45. The molecule has 1 aliphatic rings. The molecule has 0 saturated carbocycles. The molecule has 1 fully saturated rings. The van der Waals surface area contributed by atoms with Gasteiger partial charge in [0.1, 0.15) is 5.56 Å². The predicted molar refractivity (Wildman–Crippen MR) is 60.7 cm³/mol. The minimum atomic E-state index is -0.416. The lowest BCUT2D eigenvalue weighted by atomic mass is 10.2. The maximum absolute atomic E-state index is 12.0. The molecule has 1 saturated heterocycles. The van der Waals surface area contributed by atoms with Crippen molar-refractivity contribution in [1.82, 2.24) is 15.2 Å². The van der Waals surface area contributed by atoms with Gasteiger partial charge in [-0.05, 0) is 19.1 Å². The van der Waals surface area contributed by atoms with Crippen LogP contribution in [0.1, 0.15) is 16.1 Å². The number of carbonyl (C=O) groups excluding carboxylic acids is 2. The third-order valence-corrected chi connectivity index (χ3v) is 2.61. The molecule has 17 heavy (non-hydrogen) atoms. The van der Waals surface area contributed by atoms with Crippen LogP contribution in [0.4, 0.5) is 0 Å². The molecule has 2 N–H and O–H groups in total. The van der Waals surface area contributed by atoms with Crippen molar-refractivity contribution in [2.45, 2.75) is 6.92 Å². The van der Waals surface area contributed by atoms with E-state index in [0.717, 1.165) is 0 Å². The summed E-state index contributed by atoms with van der Waals surface area (Å²) in [6.07, 6.45) is 0. The number of aromatic amines is 1. The molecule has 1 aliphatic heterocycles. The first-order valence-electron chi connectivity index (χ1n) is 5.34. The van der Waals surface area contributed by atoms with E-state index in [-0.39, 0.29) is 18.0 Å². The first kappa shape index (κ1) is 11.4. The molecule has 0 aliphatic carbocycles. The molecule has 0 spiro atoms. The summed E-state index contributed by atoms with van der Waals surface area (Å²) >= 11 is 0. The summed E-state index contributed by atoms with van der Waals surface area (Å²) in [5.41, 5.74) is 0.356. The van der Waals surface area contributed by atoms with Crippen LogP contribution in [0.3, 0.4) is 0 Å². The van der Waals surface area contributed by atoms with Crippen LogP contribution < -0.4 is 10.9 Å². The number of hydrogen-bond acceptors (Lipinski definition) is 3. The second-order valence-corrected chi connectivity index (χ2v) is 3.96. The number of aromatic nitrogens is 1. The van der Waals surface area contributed by atoms with Crippen LogP contribution in [0.15, 0.2) is 16.9 Å². The summed E-state index contributed by atoms with van der Waals surface area (Å²) in [5.74, 6) is -0.603. The molecule has 2 amide bonds. The summed E-state index contributed by atoms with van der Waals surface area (Å²) in [7, 11) is 0. The SMILES string of the molecule is Cc1ccc(C(=O)N2CCNC(=O)C2)c(=O)[nH]1. The van der Waals surface area contributed by atoms with Crippen molar-refractivity contribution in [1.29, 1.82) is 0 Å². The first-order chi connectivity index (χ1) is 8.08. The van der Waals surface area contributed by atoms with Gasteiger partial charge in [-0.25, -0.2) is 0 Å². The molecular weight excluding hydrogens is 222 g/mol. The first-order valence-corrected chi connectivity index (χ1v) is 5.34. The van der Waals surface area contributed by atoms with Crippen LogP contribution >= 0.6 is 0 Å². The number of H-pyrrole nitrogens is 1. The van der Waals surface area contributed by atoms with Crippen LogP contribution in [-0.4, -0.2) is 41.3 Å². The number of pyridine rings is 1. The highest BCUT2D eigenvalue weighted by molar-refractivity contribution is 5.96. The van der Waals surface area contributed by atoms with Gasteiger partial charge in [0.15, 0.2) is 0 Å². The van der Waals surface area contributed by atoms with E-state index >= 15 is 0 Å². The molecule has 0 bridgehead atoms. The minimum absolute atomic E-state index is 0.00610. The minimum Gasteiger partial charge on any atom is -0.353 e. The average Bonchev–Trinajstić information content (AvgIpc) is 2.28. The Hall–Kier alpha value is -2.11. The van der Waals surface area contributed by atoms with Crippen LogP contribution in [-0.2, 0) is 4.79 Å². The third-order valence-electron chi connectivity index (χ3n) is 2.61. The van der Waals surface area contributed by atoms with Gasteiger partial charge < -0.3 is 15.2 Å². The lowest BCUT2D eigenvalue weighted by Crippen LogP contribution is -2.50. The van der Waals surface area contributed by atoms with Crippen molar-refractivity contribution in [3.63, 3.8) is 0 Å². The van der Waals surface area contributed by atoms with Crippen LogP contribution in [0, 0.1) is 6.92 Å². The predicted octanol–water partition coefficient (Wildman–Crippen LogP) is -0.745. The standard InChI is InChI=1S/C11H13N3O3/c1-7-2-3-8(10(16)13-7)11(17)14-5-4-12-9(15)6-14/h2-3H,4-6H2,1H3,(H,12,15)(H,13,16). The van der Waals surface area contributed by atoms with Gasteiger partial charge in [0.25, 0.3) is 11.5 Å². The van der Waals surface area contributed by atoms with Gasteiger partial charge in [-0.15, -0.1) is 0 Å². The number of aryl methyl sites for hydroxylation is 1. The maximum atomic E-state index is 12.0. The molecule has 0 radical (unpaired) electrons. The topological polar surface area (TPSA) is 82.3 Å². The van der Waals surface area contributed by atoms with Gasteiger partial charge in [0.05, 0.1) is 6.54 Å². The Morgan fingerprint density at radius 2 is 2.12 bits per heavy atom. The number of nitrogens with one attached hydrogen (secondary N) is 2. The van der Waals surface area contributed by atoms with E-state index in [1.807, 2.05) is 0 Å². The van der Waals surface area contributed by atoms with E-state index in [1.54, 1.807) is 13.0 Å². The molecule has 1 aromatic rings. The van der Waals surface area contributed by atoms with E-state index < -0.39 is 11.5 Å². The summed E-state index contributed by atoms with van der Waals surface area (Å²) in [5, 5.41) is 2.62. The Balaban J connectivity index is 2.24. The molecule has 6 nitrogen and oxygen atoms in total. The fourth-order valence-corrected chi connectivity index (χ4v) is 1.72. The van der Waals surface area contributed by atoms with Crippen molar-refractivity contribution in [3.8, 4) is 0 Å². The van der Waals surface area contributed by atoms with E-state index in [4.69, 9.17) is 0 Å². The molecule has 90 valence electrons. The number of rotatable bonds is 1. The van der Waals surface area contributed by atoms with Gasteiger partial charge in [0, 0.05) is 18.8 Å². The van der Waals surface area contributed by atoms with Crippen molar-refractivity contribution >= 4 is 11.8 Å². The molecular formula is C11H13N3O3. The summed E-state index contributed by atoms with van der Waals surface area (Å²) < 4.78 is 0. The Kier molecular flexibility index (Phi) is 2.95. The van der Waals surface area contributed by atoms with Crippen LogP contribution in [0.25, 0.3) is 0 Å². The largest absolute Gasteiger partial charge is 0.353 e. The molecule has 2 heterocycles. The van der Waals surface area contributed by atoms with Crippen molar-refractivity contribution in [3.05, 3.63) is 33.7 Å². The maximum Gasteiger partial charge on any atom is 0.260 e. The van der Waals surface area contributed by atoms with Gasteiger partial charge >= 0.3 is 0 Å². The molecule has 0 aromatic carbocycles. The number of piperazine rings is 1. The van der Waals surface area contributed by atoms with Crippen molar-refractivity contribution < 1.29 is 9.59 Å².